The molecule has 0 fully saturated rings. The summed E-state index contributed by atoms with van der Waals surface area (Å²) in [7, 11) is 0. The van der Waals surface area contributed by atoms with E-state index in [0.29, 0.717) is 15.7 Å². The number of nitrogens with one attached hydrogen (secondary N) is 1. The van der Waals surface area contributed by atoms with Crippen LogP contribution < -0.4 is 0 Å². The number of phenolic OH excluding ortho intramolecular Hbond substituents is 1. The maximum atomic E-state index is 11.2. The highest BCUT2D eigenvalue weighted by atomic mass is 79.9. The van der Waals surface area contributed by atoms with Crippen molar-refractivity contribution in [2.75, 3.05) is 0 Å². The van der Waals surface area contributed by atoms with E-state index in [2.05, 4.69) is 46.8 Å². The largest absolute Gasteiger partial charge is 0.506 e. The van der Waals surface area contributed by atoms with Gasteiger partial charge in [0.1, 0.15) is 5.75 Å². The van der Waals surface area contributed by atoms with Crippen LogP contribution in [0.3, 0.4) is 0 Å². The van der Waals surface area contributed by atoms with Crippen molar-refractivity contribution in [1.82, 2.24) is 9.97 Å². The third-order valence-electron chi connectivity index (χ3n) is 2.70. The van der Waals surface area contributed by atoms with Gasteiger partial charge in [0.15, 0.2) is 6.04 Å². The maximum Gasteiger partial charge on any atom is 0.328 e. The number of aromatic amines is 1. The molecule has 0 aliphatic carbocycles. The minimum atomic E-state index is -1.05. The van der Waals surface area contributed by atoms with Crippen molar-refractivity contribution in [2.45, 2.75) is 12.5 Å². The van der Waals surface area contributed by atoms with Crippen LogP contribution in [0.15, 0.2) is 38.6 Å². The summed E-state index contributed by atoms with van der Waals surface area (Å²) in [6, 6.07) is 2.38. The summed E-state index contributed by atoms with van der Waals surface area (Å²) in [4.78, 5) is 21.9. The number of aliphatic imine (C=N–C) groups is 1. The van der Waals surface area contributed by atoms with Crippen LogP contribution in [0.4, 0.5) is 0 Å². The van der Waals surface area contributed by atoms with Gasteiger partial charge in [-0.3, -0.25) is 4.99 Å². The fraction of sp³-hybridized carbons (Fsp3) is 0.154. The summed E-state index contributed by atoms with van der Waals surface area (Å²) < 4.78 is 1.24. The number of aliphatic carboxylic acids is 1. The smallest absolute Gasteiger partial charge is 0.328 e. The molecule has 21 heavy (non-hydrogen) atoms. The molecule has 6 nitrogen and oxygen atoms in total. The number of imidazole rings is 1. The quantitative estimate of drug-likeness (QED) is 0.652. The monoisotopic (exact) mass is 415 g/mol. The molecule has 2 aromatic rings. The minimum absolute atomic E-state index is 0.00706. The van der Waals surface area contributed by atoms with Gasteiger partial charge in [0.25, 0.3) is 0 Å². The number of rotatable bonds is 5. The molecular formula is C13H11Br2N3O3. The van der Waals surface area contributed by atoms with Crippen molar-refractivity contribution < 1.29 is 15.0 Å². The predicted octanol–water partition coefficient (Wildman–Crippen LogP) is 2.76. The van der Waals surface area contributed by atoms with E-state index in [4.69, 9.17) is 0 Å². The topological polar surface area (TPSA) is 98.6 Å². The third-order valence-corrected chi connectivity index (χ3v) is 3.77. The lowest BCUT2D eigenvalue weighted by molar-refractivity contribution is -0.138. The number of H-pyrrole nitrogens is 1. The maximum absolute atomic E-state index is 11.2. The summed E-state index contributed by atoms with van der Waals surface area (Å²) in [6.45, 7) is 0. The van der Waals surface area contributed by atoms with Crippen LogP contribution in [-0.4, -0.2) is 38.4 Å². The number of aromatic hydroxyl groups is 1. The van der Waals surface area contributed by atoms with Crippen molar-refractivity contribution in [3.05, 3.63) is 44.9 Å². The minimum Gasteiger partial charge on any atom is -0.506 e. The van der Waals surface area contributed by atoms with Gasteiger partial charge in [0, 0.05) is 34.6 Å². The highest BCUT2D eigenvalue weighted by molar-refractivity contribution is 9.11. The van der Waals surface area contributed by atoms with Gasteiger partial charge in [-0.2, -0.15) is 0 Å². The fourth-order valence-electron chi connectivity index (χ4n) is 1.66. The number of carbonyl (C=O) groups is 1. The zero-order valence-corrected chi connectivity index (χ0v) is 13.8. The van der Waals surface area contributed by atoms with Crippen LogP contribution in [0.25, 0.3) is 0 Å². The van der Waals surface area contributed by atoms with Crippen molar-refractivity contribution in [3.8, 4) is 5.75 Å². The first kappa shape index (κ1) is 15.7. The first-order chi connectivity index (χ1) is 9.97. The molecule has 1 aromatic carbocycles. The molecule has 1 atom stereocenters. The molecule has 110 valence electrons. The lowest BCUT2D eigenvalue weighted by atomic mass is 10.1. The van der Waals surface area contributed by atoms with E-state index in [0.717, 1.165) is 4.47 Å². The van der Waals surface area contributed by atoms with Crippen LogP contribution in [-0.2, 0) is 11.2 Å². The first-order valence-corrected chi connectivity index (χ1v) is 7.47. The number of halogens is 2. The molecular weight excluding hydrogens is 406 g/mol. The molecule has 0 spiro atoms. The molecule has 0 saturated heterocycles. The van der Waals surface area contributed by atoms with Gasteiger partial charge in [-0.15, -0.1) is 0 Å². The molecule has 3 N–H and O–H groups in total. The van der Waals surface area contributed by atoms with Crippen LogP contribution in [0.2, 0.25) is 0 Å². The molecule has 0 aliphatic rings. The molecule has 0 saturated carbocycles. The van der Waals surface area contributed by atoms with Gasteiger partial charge in [0.2, 0.25) is 0 Å². The molecule has 0 radical (unpaired) electrons. The highest BCUT2D eigenvalue weighted by Crippen LogP contribution is 2.30. The third kappa shape index (κ3) is 4.15. The average molecular weight is 417 g/mol. The summed E-state index contributed by atoms with van der Waals surface area (Å²) in [5.74, 6) is -1.04. The predicted molar refractivity (Wildman–Crippen MR) is 84.8 cm³/mol. The molecule has 8 heteroatoms. The molecule has 1 aromatic heterocycles. The molecule has 2 rings (SSSR count). The molecule has 0 bridgehead atoms. The summed E-state index contributed by atoms with van der Waals surface area (Å²) in [5, 5.41) is 19.1. The number of benzene rings is 1. The van der Waals surface area contributed by atoms with E-state index in [9.17, 15) is 15.0 Å². The normalized spacial score (nSPS) is 12.7. The summed E-state index contributed by atoms with van der Waals surface area (Å²) >= 11 is 6.51. The highest BCUT2D eigenvalue weighted by Gasteiger charge is 2.17. The Morgan fingerprint density at radius 1 is 1.48 bits per heavy atom. The van der Waals surface area contributed by atoms with Gasteiger partial charge >= 0.3 is 5.97 Å². The number of carboxylic acids is 1. The number of nitrogens with zero attached hydrogens (tertiary/aromatic N) is 2. The standard InChI is InChI=1S/C13H11Br2N3O3/c14-8-1-7(12(19)10(15)2-8)4-17-11(13(20)21)3-9-5-16-6-18-9/h1-2,4-6,11,19H,3H2,(H,16,18)(H,20,21). The summed E-state index contributed by atoms with van der Waals surface area (Å²) in [6.07, 6.45) is 4.58. The van der Waals surface area contributed by atoms with Gasteiger partial charge in [0.05, 0.1) is 10.8 Å². The molecule has 0 aliphatic heterocycles. The Hall–Kier alpha value is -1.67. The Bertz CT molecular complexity index is 672. The van der Waals surface area contributed by atoms with Crippen molar-refractivity contribution in [1.29, 1.82) is 0 Å². The Morgan fingerprint density at radius 2 is 2.24 bits per heavy atom. The van der Waals surface area contributed by atoms with Gasteiger partial charge in [-0.05, 0) is 28.1 Å². The van der Waals surface area contributed by atoms with Crippen LogP contribution >= 0.6 is 31.9 Å². The summed E-state index contributed by atoms with van der Waals surface area (Å²) in [5.41, 5.74) is 1.10. The van der Waals surface area contributed by atoms with E-state index >= 15 is 0 Å². The van der Waals surface area contributed by atoms with E-state index in [1.807, 2.05) is 0 Å². The zero-order chi connectivity index (χ0) is 15.4. The van der Waals surface area contributed by atoms with Gasteiger partial charge < -0.3 is 15.2 Å². The van der Waals surface area contributed by atoms with E-state index in [1.165, 1.54) is 12.5 Å². The number of hydrogen-bond donors (Lipinski definition) is 3. The Morgan fingerprint density at radius 3 is 2.86 bits per heavy atom. The van der Waals surface area contributed by atoms with Crippen LogP contribution in [0, 0.1) is 0 Å². The lowest BCUT2D eigenvalue weighted by Gasteiger charge is -2.07. The fourth-order valence-corrected chi connectivity index (χ4v) is 2.92. The number of aromatic nitrogens is 2. The average Bonchev–Trinajstić information content (AvgIpc) is 2.92. The molecule has 0 amide bonds. The van der Waals surface area contributed by atoms with Crippen molar-refractivity contribution in [3.63, 3.8) is 0 Å². The number of carboxylic acid groups (broad SMARTS) is 1. The molecule has 1 unspecified atom stereocenters. The van der Waals surface area contributed by atoms with Crippen molar-refractivity contribution in [2.24, 2.45) is 4.99 Å². The second-order valence-corrected chi connectivity index (χ2v) is 6.01. The van der Waals surface area contributed by atoms with E-state index in [-0.39, 0.29) is 12.2 Å². The van der Waals surface area contributed by atoms with Gasteiger partial charge in [-0.25, -0.2) is 9.78 Å². The van der Waals surface area contributed by atoms with Crippen LogP contribution in [0.5, 0.6) is 5.75 Å². The van der Waals surface area contributed by atoms with Gasteiger partial charge in [-0.1, -0.05) is 15.9 Å². The second kappa shape index (κ2) is 6.86. The Kier molecular flexibility index (Phi) is 5.13. The second-order valence-electron chi connectivity index (χ2n) is 4.24. The van der Waals surface area contributed by atoms with E-state index in [1.54, 1.807) is 18.3 Å². The SMILES string of the molecule is O=C(O)C(Cc1cnc[nH]1)N=Cc1cc(Br)cc(Br)c1O. The zero-order valence-electron chi connectivity index (χ0n) is 10.6. The molecule has 1 heterocycles. The number of hydrogen-bond acceptors (Lipinski definition) is 4. The Labute approximate surface area is 137 Å². The number of phenols is 1. The van der Waals surface area contributed by atoms with Crippen molar-refractivity contribution >= 4 is 44.0 Å². The van der Waals surface area contributed by atoms with Crippen LogP contribution in [0.1, 0.15) is 11.3 Å². The van der Waals surface area contributed by atoms with E-state index < -0.39 is 12.0 Å². The lowest BCUT2D eigenvalue weighted by Crippen LogP contribution is -2.21. The first-order valence-electron chi connectivity index (χ1n) is 5.88. The Balaban J connectivity index is 2.22.